The van der Waals surface area contributed by atoms with Crippen LogP contribution in [0.2, 0.25) is 0 Å². The fourth-order valence-electron chi connectivity index (χ4n) is 3.69. The number of H-pyrrole nitrogens is 1. The summed E-state index contributed by atoms with van der Waals surface area (Å²) in [4.78, 5) is 25.1. The van der Waals surface area contributed by atoms with E-state index in [1.54, 1.807) is 32.4 Å². The summed E-state index contributed by atoms with van der Waals surface area (Å²) in [5, 5.41) is 2.94. The van der Waals surface area contributed by atoms with E-state index in [1.807, 2.05) is 24.3 Å². The molecule has 0 radical (unpaired) electrons. The molecule has 158 valence electrons. The lowest BCUT2D eigenvalue weighted by atomic mass is 10.2. The van der Waals surface area contributed by atoms with Crippen molar-refractivity contribution < 1.29 is 14.3 Å². The first-order chi connectivity index (χ1) is 14.6. The number of methoxy groups -OCH3 is 2. The van der Waals surface area contributed by atoms with Gasteiger partial charge in [0.25, 0.3) is 0 Å². The number of ether oxygens (including phenoxy) is 2. The Labute approximate surface area is 175 Å². The van der Waals surface area contributed by atoms with Gasteiger partial charge in [0, 0.05) is 32.2 Å². The Balaban J connectivity index is 1.26. The van der Waals surface area contributed by atoms with Crippen LogP contribution in [0.1, 0.15) is 5.82 Å². The molecule has 0 saturated carbocycles. The number of carbonyl (C=O) groups excluding carboxylic acids is 1. The number of nitrogens with zero attached hydrogens (tertiary/aromatic N) is 3. The fraction of sp³-hybridized carbons (Fsp3) is 0.364. The zero-order valence-electron chi connectivity index (χ0n) is 17.4. The second kappa shape index (κ2) is 9.15. The minimum atomic E-state index is -0.0517. The maximum Gasteiger partial charge on any atom is 0.238 e. The number of benzene rings is 2. The van der Waals surface area contributed by atoms with Crippen molar-refractivity contribution >= 4 is 22.6 Å². The quantitative estimate of drug-likeness (QED) is 0.623. The van der Waals surface area contributed by atoms with Crippen LogP contribution < -0.4 is 14.8 Å². The van der Waals surface area contributed by atoms with Crippen molar-refractivity contribution in [3.8, 4) is 11.5 Å². The molecule has 2 aromatic carbocycles. The number of carbonyl (C=O) groups is 1. The SMILES string of the molecule is COc1ccc(NC(=O)CN2CCN(Cc3nc4ccccc4[nH]3)CC2)c(OC)c1. The van der Waals surface area contributed by atoms with Crippen molar-refractivity contribution in [3.05, 3.63) is 48.3 Å². The molecular weight excluding hydrogens is 382 g/mol. The molecule has 8 heteroatoms. The molecule has 2 N–H and O–H groups in total. The molecule has 1 amide bonds. The van der Waals surface area contributed by atoms with Crippen molar-refractivity contribution in [1.82, 2.24) is 19.8 Å². The predicted molar refractivity (Wildman–Crippen MR) is 116 cm³/mol. The second-order valence-electron chi connectivity index (χ2n) is 7.37. The molecule has 8 nitrogen and oxygen atoms in total. The Hall–Kier alpha value is -3.10. The van der Waals surface area contributed by atoms with E-state index >= 15 is 0 Å². The number of piperazine rings is 1. The zero-order valence-corrected chi connectivity index (χ0v) is 17.4. The van der Waals surface area contributed by atoms with Gasteiger partial charge >= 0.3 is 0 Å². The van der Waals surface area contributed by atoms with Gasteiger partial charge < -0.3 is 19.8 Å². The molecular formula is C22H27N5O3. The number of fused-ring (bicyclic) bond motifs is 1. The lowest BCUT2D eigenvalue weighted by Gasteiger charge is -2.33. The van der Waals surface area contributed by atoms with Crippen molar-refractivity contribution in [2.24, 2.45) is 0 Å². The predicted octanol–water partition coefficient (Wildman–Crippen LogP) is 2.34. The number of aromatic amines is 1. The van der Waals surface area contributed by atoms with E-state index in [0.717, 1.165) is 49.6 Å². The molecule has 1 aromatic heterocycles. The molecule has 1 aliphatic heterocycles. The number of aromatic nitrogens is 2. The molecule has 1 aliphatic rings. The fourth-order valence-corrected chi connectivity index (χ4v) is 3.69. The number of hydrogen-bond donors (Lipinski definition) is 2. The summed E-state index contributed by atoms with van der Waals surface area (Å²) in [5.41, 5.74) is 2.71. The molecule has 0 unspecified atom stereocenters. The molecule has 2 heterocycles. The van der Waals surface area contributed by atoms with Crippen LogP contribution in [0.3, 0.4) is 0 Å². The molecule has 4 rings (SSSR count). The van der Waals surface area contributed by atoms with Crippen LogP contribution in [0.25, 0.3) is 11.0 Å². The highest BCUT2D eigenvalue weighted by Gasteiger charge is 2.20. The summed E-state index contributed by atoms with van der Waals surface area (Å²) in [6, 6.07) is 13.4. The largest absolute Gasteiger partial charge is 0.497 e. The molecule has 0 bridgehead atoms. The third kappa shape index (κ3) is 4.72. The summed E-state index contributed by atoms with van der Waals surface area (Å²) >= 11 is 0. The number of hydrogen-bond acceptors (Lipinski definition) is 6. The van der Waals surface area contributed by atoms with Gasteiger partial charge in [-0.15, -0.1) is 0 Å². The minimum Gasteiger partial charge on any atom is -0.497 e. The number of imidazole rings is 1. The molecule has 0 spiro atoms. The highest BCUT2D eigenvalue weighted by atomic mass is 16.5. The van der Waals surface area contributed by atoms with Gasteiger partial charge in [0.2, 0.25) is 5.91 Å². The topological polar surface area (TPSA) is 82.7 Å². The number of para-hydroxylation sites is 2. The first kappa shape index (κ1) is 20.2. The number of nitrogens with one attached hydrogen (secondary N) is 2. The van der Waals surface area contributed by atoms with Crippen LogP contribution in [0.5, 0.6) is 11.5 Å². The van der Waals surface area contributed by atoms with Crippen LogP contribution in [-0.4, -0.2) is 72.6 Å². The van der Waals surface area contributed by atoms with E-state index in [4.69, 9.17) is 9.47 Å². The molecule has 1 saturated heterocycles. The van der Waals surface area contributed by atoms with Crippen LogP contribution in [0.15, 0.2) is 42.5 Å². The monoisotopic (exact) mass is 409 g/mol. The van der Waals surface area contributed by atoms with E-state index in [-0.39, 0.29) is 5.91 Å². The maximum atomic E-state index is 12.5. The smallest absolute Gasteiger partial charge is 0.238 e. The van der Waals surface area contributed by atoms with E-state index in [1.165, 1.54) is 0 Å². The molecule has 0 atom stereocenters. The number of rotatable bonds is 7. The Kier molecular flexibility index (Phi) is 6.15. The van der Waals surface area contributed by atoms with Gasteiger partial charge in [-0.3, -0.25) is 14.6 Å². The van der Waals surface area contributed by atoms with Crippen molar-refractivity contribution in [2.75, 3.05) is 52.3 Å². The second-order valence-corrected chi connectivity index (χ2v) is 7.37. The van der Waals surface area contributed by atoms with Crippen LogP contribution >= 0.6 is 0 Å². The van der Waals surface area contributed by atoms with E-state index in [0.29, 0.717) is 23.7 Å². The summed E-state index contributed by atoms with van der Waals surface area (Å²) in [6.07, 6.45) is 0. The lowest BCUT2D eigenvalue weighted by molar-refractivity contribution is -0.117. The highest BCUT2D eigenvalue weighted by molar-refractivity contribution is 5.93. The van der Waals surface area contributed by atoms with Gasteiger partial charge in [0.1, 0.15) is 17.3 Å². The summed E-state index contributed by atoms with van der Waals surface area (Å²) in [7, 11) is 3.17. The third-order valence-corrected chi connectivity index (χ3v) is 5.33. The molecule has 1 fully saturated rings. The standard InChI is InChI=1S/C22H27N5O3/c1-29-16-7-8-19(20(13-16)30-2)25-22(28)15-27-11-9-26(10-12-27)14-21-23-17-5-3-4-6-18(17)24-21/h3-8,13H,9-12,14-15H2,1-2H3,(H,23,24)(H,25,28). The summed E-state index contributed by atoms with van der Waals surface area (Å²) in [6.45, 7) is 4.62. The van der Waals surface area contributed by atoms with Gasteiger partial charge in [0.05, 0.1) is 44.0 Å². The Morgan fingerprint density at radius 1 is 1.07 bits per heavy atom. The average molecular weight is 409 g/mol. The van der Waals surface area contributed by atoms with Gasteiger partial charge in [-0.05, 0) is 24.3 Å². The van der Waals surface area contributed by atoms with Crippen LogP contribution in [0, 0.1) is 0 Å². The van der Waals surface area contributed by atoms with Crippen molar-refractivity contribution in [1.29, 1.82) is 0 Å². The van der Waals surface area contributed by atoms with Crippen LogP contribution in [-0.2, 0) is 11.3 Å². The summed E-state index contributed by atoms with van der Waals surface area (Å²) < 4.78 is 10.5. The Bertz CT molecular complexity index is 978. The normalized spacial score (nSPS) is 15.3. The first-order valence-corrected chi connectivity index (χ1v) is 10.0. The van der Waals surface area contributed by atoms with Crippen molar-refractivity contribution in [3.63, 3.8) is 0 Å². The molecule has 0 aliphatic carbocycles. The van der Waals surface area contributed by atoms with Gasteiger partial charge in [-0.2, -0.15) is 0 Å². The Morgan fingerprint density at radius 3 is 2.57 bits per heavy atom. The Morgan fingerprint density at radius 2 is 1.83 bits per heavy atom. The van der Waals surface area contributed by atoms with Gasteiger partial charge in [-0.25, -0.2) is 4.98 Å². The number of anilines is 1. The van der Waals surface area contributed by atoms with Crippen LogP contribution in [0.4, 0.5) is 5.69 Å². The average Bonchev–Trinajstić information content (AvgIpc) is 3.17. The zero-order chi connectivity index (χ0) is 20.9. The van der Waals surface area contributed by atoms with Gasteiger partial charge in [-0.1, -0.05) is 12.1 Å². The van der Waals surface area contributed by atoms with Crippen molar-refractivity contribution in [2.45, 2.75) is 6.54 Å². The van der Waals surface area contributed by atoms with Gasteiger partial charge in [0.15, 0.2) is 0 Å². The van der Waals surface area contributed by atoms with E-state index in [2.05, 4.69) is 25.1 Å². The highest BCUT2D eigenvalue weighted by Crippen LogP contribution is 2.29. The third-order valence-electron chi connectivity index (χ3n) is 5.33. The lowest BCUT2D eigenvalue weighted by Crippen LogP contribution is -2.48. The van der Waals surface area contributed by atoms with E-state index < -0.39 is 0 Å². The first-order valence-electron chi connectivity index (χ1n) is 10.0. The molecule has 30 heavy (non-hydrogen) atoms. The minimum absolute atomic E-state index is 0.0517. The number of amides is 1. The maximum absolute atomic E-state index is 12.5. The summed E-state index contributed by atoms with van der Waals surface area (Å²) in [5.74, 6) is 2.20. The molecule has 3 aromatic rings. The van der Waals surface area contributed by atoms with E-state index in [9.17, 15) is 4.79 Å².